The fourth-order valence-electron chi connectivity index (χ4n) is 2.50. The SMILES string of the molecule is CCC(C)NC(=O)c1cccc(CNC(=NC)NC(C)CCC(C)C)c1. The Bertz CT molecular complexity index is 583. The lowest BCUT2D eigenvalue weighted by atomic mass is 10.0. The summed E-state index contributed by atoms with van der Waals surface area (Å²) in [6.07, 6.45) is 3.23. The number of aliphatic imine (C=N–C) groups is 1. The van der Waals surface area contributed by atoms with E-state index in [1.165, 1.54) is 6.42 Å². The van der Waals surface area contributed by atoms with E-state index in [4.69, 9.17) is 0 Å². The minimum Gasteiger partial charge on any atom is -0.354 e. The van der Waals surface area contributed by atoms with Gasteiger partial charge in [0.05, 0.1) is 0 Å². The van der Waals surface area contributed by atoms with Crippen LogP contribution in [0.4, 0.5) is 0 Å². The second-order valence-electron chi connectivity index (χ2n) is 7.43. The highest BCUT2D eigenvalue weighted by Gasteiger charge is 2.10. The van der Waals surface area contributed by atoms with E-state index < -0.39 is 0 Å². The summed E-state index contributed by atoms with van der Waals surface area (Å²) in [6, 6.07) is 8.27. The molecular weight excluding hydrogens is 324 g/mol. The zero-order valence-corrected chi connectivity index (χ0v) is 17.2. The van der Waals surface area contributed by atoms with Crippen LogP contribution in [0.2, 0.25) is 0 Å². The summed E-state index contributed by atoms with van der Waals surface area (Å²) < 4.78 is 0. The van der Waals surface area contributed by atoms with E-state index in [1.54, 1.807) is 7.05 Å². The van der Waals surface area contributed by atoms with Crippen LogP contribution in [0.15, 0.2) is 29.3 Å². The van der Waals surface area contributed by atoms with Crippen molar-refractivity contribution in [2.24, 2.45) is 10.9 Å². The van der Waals surface area contributed by atoms with Gasteiger partial charge in [-0.1, -0.05) is 32.9 Å². The minimum absolute atomic E-state index is 0.0222. The number of amides is 1. The molecule has 3 N–H and O–H groups in total. The molecule has 0 aliphatic rings. The first-order valence-corrected chi connectivity index (χ1v) is 9.72. The highest BCUT2D eigenvalue weighted by atomic mass is 16.1. The molecule has 2 atom stereocenters. The topological polar surface area (TPSA) is 65.5 Å². The molecular formula is C21H36N4O. The minimum atomic E-state index is -0.0222. The smallest absolute Gasteiger partial charge is 0.251 e. The predicted octanol–water partition coefficient (Wildman–Crippen LogP) is 3.70. The zero-order valence-electron chi connectivity index (χ0n) is 17.2. The summed E-state index contributed by atoms with van der Waals surface area (Å²) in [6.45, 7) is 11.4. The number of rotatable bonds is 9. The molecule has 26 heavy (non-hydrogen) atoms. The normalized spacial score (nSPS) is 14.0. The third kappa shape index (κ3) is 8.37. The number of carbonyl (C=O) groups excluding carboxylic acids is 1. The van der Waals surface area contributed by atoms with Crippen LogP contribution in [0.3, 0.4) is 0 Å². The number of nitrogens with one attached hydrogen (secondary N) is 3. The first-order valence-electron chi connectivity index (χ1n) is 9.72. The molecule has 1 rings (SSSR count). The van der Waals surface area contributed by atoms with E-state index >= 15 is 0 Å². The van der Waals surface area contributed by atoms with Crippen molar-refractivity contribution < 1.29 is 4.79 Å². The lowest BCUT2D eigenvalue weighted by Gasteiger charge is -2.19. The van der Waals surface area contributed by atoms with Crippen molar-refractivity contribution in [1.29, 1.82) is 0 Å². The molecule has 0 spiro atoms. The standard InChI is InChI=1S/C21H36N4O/c1-7-16(4)24-20(26)19-10-8-9-18(13-19)14-23-21(22-6)25-17(5)12-11-15(2)3/h8-10,13,15-17H,7,11-12,14H2,1-6H3,(H,24,26)(H2,22,23,25). The van der Waals surface area contributed by atoms with Gasteiger partial charge in [0.2, 0.25) is 0 Å². The molecule has 0 aliphatic carbocycles. The molecule has 0 heterocycles. The molecule has 2 unspecified atom stereocenters. The number of hydrogen-bond acceptors (Lipinski definition) is 2. The molecule has 0 radical (unpaired) electrons. The van der Waals surface area contributed by atoms with Crippen LogP contribution >= 0.6 is 0 Å². The fourth-order valence-corrected chi connectivity index (χ4v) is 2.50. The maximum atomic E-state index is 12.3. The van der Waals surface area contributed by atoms with Crippen LogP contribution in [-0.2, 0) is 6.54 Å². The molecule has 1 amide bonds. The van der Waals surface area contributed by atoms with Gasteiger partial charge in [-0.25, -0.2) is 0 Å². The summed E-state index contributed by atoms with van der Waals surface area (Å²) in [4.78, 5) is 16.6. The van der Waals surface area contributed by atoms with Gasteiger partial charge in [-0.05, 0) is 56.7 Å². The van der Waals surface area contributed by atoms with Gasteiger partial charge in [0, 0.05) is 31.2 Å². The second kappa shape index (κ2) is 11.6. The lowest BCUT2D eigenvalue weighted by Crippen LogP contribution is -2.42. The molecule has 0 aromatic heterocycles. The van der Waals surface area contributed by atoms with Gasteiger partial charge >= 0.3 is 0 Å². The van der Waals surface area contributed by atoms with Gasteiger partial charge in [0.1, 0.15) is 0 Å². The van der Waals surface area contributed by atoms with Crippen molar-refractivity contribution in [2.45, 2.75) is 72.5 Å². The summed E-state index contributed by atoms with van der Waals surface area (Å²) in [5, 5.41) is 9.76. The van der Waals surface area contributed by atoms with Crippen molar-refractivity contribution in [2.75, 3.05) is 7.05 Å². The number of nitrogens with zero attached hydrogens (tertiary/aromatic N) is 1. The van der Waals surface area contributed by atoms with Crippen molar-refractivity contribution in [3.05, 3.63) is 35.4 Å². The Kier molecular flexibility index (Phi) is 9.78. The van der Waals surface area contributed by atoms with Gasteiger partial charge in [0.25, 0.3) is 5.91 Å². The largest absolute Gasteiger partial charge is 0.354 e. The Labute approximate surface area is 159 Å². The third-order valence-corrected chi connectivity index (χ3v) is 4.42. The van der Waals surface area contributed by atoms with Crippen molar-refractivity contribution in [3.63, 3.8) is 0 Å². The van der Waals surface area contributed by atoms with Crippen LogP contribution in [0, 0.1) is 5.92 Å². The van der Waals surface area contributed by atoms with E-state index in [0.717, 1.165) is 24.4 Å². The van der Waals surface area contributed by atoms with Crippen molar-refractivity contribution in [3.8, 4) is 0 Å². The average Bonchev–Trinajstić information content (AvgIpc) is 2.63. The molecule has 1 aromatic carbocycles. The third-order valence-electron chi connectivity index (χ3n) is 4.42. The zero-order chi connectivity index (χ0) is 19.5. The van der Waals surface area contributed by atoms with Gasteiger partial charge in [-0.2, -0.15) is 0 Å². The van der Waals surface area contributed by atoms with Gasteiger partial charge in [-0.3, -0.25) is 9.79 Å². The number of carbonyl (C=O) groups is 1. The van der Waals surface area contributed by atoms with E-state index in [0.29, 0.717) is 24.1 Å². The summed E-state index contributed by atoms with van der Waals surface area (Å²) in [5.41, 5.74) is 1.75. The average molecular weight is 361 g/mol. The van der Waals surface area contributed by atoms with E-state index in [-0.39, 0.29) is 11.9 Å². The lowest BCUT2D eigenvalue weighted by molar-refractivity contribution is 0.0939. The van der Waals surface area contributed by atoms with Crippen LogP contribution < -0.4 is 16.0 Å². The maximum absolute atomic E-state index is 12.3. The maximum Gasteiger partial charge on any atom is 0.251 e. The van der Waals surface area contributed by atoms with Crippen LogP contribution in [0.1, 0.15) is 69.8 Å². The molecule has 5 heteroatoms. The first kappa shape index (κ1) is 22.0. The Morgan fingerprint density at radius 3 is 2.42 bits per heavy atom. The summed E-state index contributed by atoms with van der Waals surface area (Å²) in [5.74, 6) is 1.47. The van der Waals surface area contributed by atoms with Gasteiger partial charge in [-0.15, -0.1) is 0 Å². The Morgan fingerprint density at radius 2 is 1.81 bits per heavy atom. The van der Waals surface area contributed by atoms with Crippen LogP contribution in [0.5, 0.6) is 0 Å². The van der Waals surface area contributed by atoms with Gasteiger partial charge in [0.15, 0.2) is 5.96 Å². The summed E-state index contributed by atoms with van der Waals surface area (Å²) in [7, 11) is 1.78. The van der Waals surface area contributed by atoms with Crippen molar-refractivity contribution in [1.82, 2.24) is 16.0 Å². The number of hydrogen-bond donors (Lipinski definition) is 3. The highest BCUT2D eigenvalue weighted by molar-refractivity contribution is 5.94. The molecule has 146 valence electrons. The Balaban J connectivity index is 2.57. The molecule has 0 saturated heterocycles. The molecule has 0 bridgehead atoms. The number of guanidine groups is 1. The highest BCUT2D eigenvalue weighted by Crippen LogP contribution is 2.07. The van der Waals surface area contributed by atoms with E-state index in [2.05, 4.69) is 48.6 Å². The Hall–Kier alpha value is -2.04. The Morgan fingerprint density at radius 1 is 1.08 bits per heavy atom. The van der Waals surface area contributed by atoms with Crippen molar-refractivity contribution >= 4 is 11.9 Å². The predicted molar refractivity (Wildman–Crippen MR) is 111 cm³/mol. The van der Waals surface area contributed by atoms with Crippen LogP contribution in [0.25, 0.3) is 0 Å². The molecule has 1 aromatic rings. The second-order valence-corrected chi connectivity index (χ2v) is 7.43. The molecule has 5 nitrogen and oxygen atoms in total. The summed E-state index contributed by atoms with van der Waals surface area (Å²) >= 11 is 0. The van der Waals surface area contributed by atoms with Crippen LogP contribution in [-0.4, -0.2) is 31.0 Å². The fraction of sp³-hybridized carbons (Fsp3) is 0.619. The van der Waals surface area contributed by atoms with E-state index in [9.17, 15) is 4.79 Å². The molecule has 0 aliphatic heterocycles. The number of benzene rings is 1. The molecule has 0 fully saturated rings. The van der Waals surface area contributed by atoms with Gasteiger partial charge < -0.3 is 16.0 Å². The quantitative estimate of drug-likeness (QED) is 0.465. The first-order chi connectivity index (χ1) is 12.3. The monoisotopic (exact) mass is 360 g/mol. The molecule has 0 saturated carbocycles. The van der Waals surface area contributed by atoms with E-state index in [1.807, 2.05) is 31.2 Å².